The Bertz CT molecular complexity index is 305. The highest BCUT2D eigenvalue weighted by Crippen LogP contribution is 2.23. The van der Waals surface area contributed by atoms with Crippen LogP contribution >= 0.6 is 0 Å². The Hall–Kier alpha value is -0.820. The summed E-state index contributed by atoms with van der Waals surface area (Å²) in [5, 5.41) is 10.1. The second kappa shape index (κ2) is 8.31. The highest BCUT2D eigenvalue weighted by molar-refractivity contribution is 5.16. The van der Waals surface area contributed by atoms with Gasteiger partial charge in [-0.05, 0) is 30.2 Å². The van der Waals surface area contributed by atoms with Gasteiger partial charge in [-0.15, -0.1) is 0 Å². The molecule has 0 saturated carbocycles. The Morgan fingerprint density at radius 1 is 0.889 bits per heavy atom. The normalized spacial score (nSPS) is 14.7. The van der Waals surface area contributed by atoms with Gasteiger partial charge in [-0.1, -0.05) is 70.4 Å². The minimum absolute atomic E-state index is 0.293. The van der Waals surface area contributed by atoms with Gasteiger partial charge in [0.1, 0.15) is 0 Å². The van der Waals surface area contributed by atoms with Crippen LogP contribution < -0.4 is 0 Å². The van der Waals surface area contributed by atoms with E-state index in [-0.39, 0.29) is 6.10 Å². The van der Waals surface area contributed by atoms with Crippen molar-refractivity contribution in [3.05, 3.63) is 35.9 Å². The van der Waals surface area contributed by atoms with Gasteiger partial charge in [0.05, 0.1) is 6.10 Å². The van der Waals surface area contributed by atoms with E-state index in [1.807, 2.05) is 30.3 Å². The smallest absolute Gasteiger partial charge is 0.0790 e. The maximum Gasteiger partial charge on any atom is 0.0790 e. The second-order valence-corrected chi connectivity index (χ2v) is 5.93. The summed E-state index contributed by atoms with van der Waals surface area (Å²) in [4.78, 5) is 0. The van der Waals surface area contributed by atoms with Crippen LogP contribution in [0.1, 0.15) is 64.5 Å². The van der Waals surface area contributed by atoms with E-state index < -0.39 is 0 Å². The second-order valence-electron chi connectivity index (χ2n) is 5.93. The lowest BCUT2D eigenvalue weighted by Gasteiger charge is -2.15. The van der Waals surface area contributed by atoms with Gasteiger partial charge in [0.2, 0.25) is 0 Å². The number of benzene rings is 1. The third-order valence-electron chi connectivity index (χ3n) is 3.60. The molecule has 0 radical (unpaired) electrons. The topological polar surface area (TPSA) is 20.2 Å². The van der Waals surface area contributed by atoms with Gasteiger partial charge in [0.15, 0.2) is 0 Å². The Kier molecular flexibility index (Phi) is 7.04. The van der Waals surface area contributed by atoms with E-state index in [1.165, 1.54) is 19.3 Å². The molecule has 1 aromatic rings. The third kappa shape index (κ3) is 6.20. The van der Waals surface area contributed by atoms with Crippen molar-refractivity contribution in [2.45, 2.75) is 59.0 Å². The van der Waals surface area contributed by atoms with Gasteiger partial charge >= 0.3 is 0 Å². The number of hydrogen-bond donors (Lipinski definition) is 1. The van der Waals surface area contributed by atoms with Crippen molar-refractivity contribution in [2.24, 2.45) is 11.8 Å². The predicted molar refractivity (Wildman–Crippen MR) is 78.5 cm³/mol. The van der Waals surface area contributed by atoms with E-state index in [0.717, 1.165) is 30.2 Å². The molecule has 2 atom stereocenters. The van der Waals surface area contributed by atoms with Gasteiger partial charge in [0.25, 0.3) is 0 Å². The first-order valence-electron chi connectivity index (χ1n) is 7.32. The van der Waals surface area contributed by atoms with E-state index in [0.29, 0.717) is 0 Å². The Morgan fingerprint density at radius 3 is 2.17 bits per heavy atom. The zero-order valence-electron chi connectivity index (χ0n) is 12.1. The summed E-state index contributed by atoms with van der Waals surface area (Å²) in [6, 6.07) is 9.99. The monoisotopic (exact) mass is 248 g/mol. The van der Waals surface area contributed by atoms with Gasteiger partial charge < -0.3 is 5.11 Å². The molecule has 0 aromatic heterocycles. The molecule has 1 rings (SSSR count). The molecule has 0 heterocycles. The minimum Gasteiger partial charge on any atom is -0.388 e. The predicted octanol–water partition coefficient (Wildman–Crippen LogP) is 4.96. The summed E-state index contributed by atoms with van der Waals surface area (Å²) in [6.45, 7) is 6.87. The zero-order valence-corrected chi connectivity index (χ0v) is 12.1. The summed E-state index contributed by atoms with van der Waals surface area (Å²) in [7, 11) is 0. The van der Waals surface area contributed by atoms with Crippen molar-refractivity contribution >= 4 is 0 Å². The molecule has 0 bridgehead atoms. The molecule has 0 amide bonds. The summed E-state index contributed by atoms with van der Waals surface area (Å²) in [6.07, 6.45) is 5.64. The maximum absolute atomic E-state index is 10.1. The molecule has 1 aromatic carbocycles. The molecule has 0 aliphatic heterocycles. The molecule has 102 valence electrons. The Labute approximate surface area is 112 Å². The fraction of sp³-hybridized carbons (Fsp3) is 0.647. The largest absolute Gasteiger partial charge is 0.388 e. The van der Waals surface area contributed by atoms with Crippen molar-refractivity contribution in [1.29, 1.82) is 0 Å². The summed E-state index contributed by atoms with van der Waals surface area (Å²) in [5.74, 6) is 1.54. The highest BCUT2D eigenvalue weighted by atomic mass is 16.3. The SMILES string of the molecule is CC(C)CCC[C@H](C)CC[C@@H](O)c1ccccc1. The number of rotatable bonds is 8. The van der Waals surface area contributed by atoms with Crippen molar-refractivity contribution in [2.75, 3.05) is 0 Å². The van der Waals surface area contributed by atoms with E-state index in [4.69, 9.17) is 0 Å². The molecule has 0 aliphatic rings. The first-order valence-corrected chi connectivity index (χ1v) is 7.32. The van der Waals surface area contributed by atoms with Gasteiger partial charge in [-0.25, -0.2) is 0 Å². The zero-order chi connectivity index (χ0) is 13.4. The lowest BCUT2D eigenvalue weighted by Crippen LogP contribution is -2.02. The van der Waals surface area contributed by atoms with E-state index in [1.54, 1.807) is 0 Å². The average molecular weight is 248 g/mol. The Morgan fingerprint density at radius 2 is 1.56 bits per heavy atom. The van der Waals surface area contributed by atoms with Crippen LogP contribution in [0.4, 0.5) is 0 Å². The molecule has 0 spiro atoms. The number of aliphatic hydroxyl groups is 1. The fourth-order valence-electron chi connectivity index (χ4n) is 2.30. The van der Waals surface area contributed by atoms with E-state index in [2.05, 4.69) is 20.8 Å². The lowest BCUT2D eigenvalue weighted by molar-refractivity contribution is 0.156. The lowest BCUT2D eigenvalue weighted by atomic mass is 9.93. The minimum atomic E-state index is -0.293. The summed E-state index contributed by atoms with van der Waals surface area (Å²) in [5.41, 5.74) is 1.05. The molecule has 1 heteroatoms. The molecule has 0 fully saturated rings. The van der Waals surface area contributed by atoms with Crippen molar-refractivity contribution in [1.82, 2.24) is 0 Å². The molecule has 0 unspecified atom stereocenters. The fourth-order valence-corrected chi connectivity index (χ4v) is 2.30. The standard InChI is InChI=1S/C17H28O/c1-14(2)8-7-9-15(3)12-13-17(18)16-10-5-4-6-11-16/h4-6,10-11,14-15,17-18H,7-9,12-13H2,1-3H3/t15-,17+/m0/s1. The molecule has 1 nitrogen and oxygen atoms in total. The first kappa shape index (κ1) is 15.2. The van der Waals surface area contributed by atoms with Crippen LogP contribution in [-0.2, 0) is 0 Å². The molecule has 1 N–H and O–H groups in total. The van der Waals surface area contributed by atoms with Gasteiger partial charge in [-0.2, -0.15) is 0 Å². The van der Waals surface area contributed by atoms with Crippen LogP contribution in [0, 0.1) is 11.8 Å². The number of hydrogen-bond acceptors (Lipinski definition) is 1. The van der Waals surface area contributed by atoms with Crippen LogP contribution in [0.25, 0.3) is 0 Å². The van der Waals surface area contributed by atoms with Crippen molar-refractivity contribution in [3.8, 4) is 0 Å². The van der Waals surface area contributed by atoms with Gasteiger partial charge in [-0.3, -0.25) is 0 Å². The molecular weight excluding hydrogens is 220 g/mol. The molecule has 18 heavy (non-hydrogen) atoms. The van der Waals surface area contributed by atoms with Crippen molar-refractivity contribution < 1.29 is 5.11 Å². The summed E-state index contributed by atoms with van der Waals surface area (Å²) < 4.78 is 0. The molecule has 0 saturated heterocycles. The average Bonchev–Trinajstić information content (AvgIpc) is 2.36. The molecule has 0 aliphatic carbocycles. The quantitative estimate of drug-likeness (QED) is 0.689. The van der Waals surface area contributed by atoms with Crippen LogP contribution in [-0.4, -0.2) is 5.11 Å². The maximum atomic E-state index is 10.1. The van der Waals surface area contributed by atoms with Gasteiger partial charge in [0, 0.05) is 0 Å². The van der Waals surface area contributed by atoms with E-state index in [9.17, 15) is 5.11 Å². The number of aliphatic hydroxyl groups excluding tert-OH is 1. The van der Waals surface area contributed by atoms with Crippen LogP contribution in [0.3, 0.4) is 0 Å². The third-order valence-corrected chi connectivity index (χ3v) is 3.60. The van der Waals surface area contributed by atoms with E-state index >= 15 is 0 Å². The molecular formula is C17H28O. The van der Waals surface area contributed by atoms with Crippen LogP contribution in [0.5, 0.6) is 0 Å². The van der Waals surface area contributed by atoms with Crippen molar-refractivity contribution in [3.63, 3.8) is 0 Å². The highest BCUT2D eigenvalue weighted by Gasteiger charge is 2.10. The van der Waals surface area contributed by atoms with Crippen LogP contribution in [0.15, 0.2) is 30.3 Å². The van der Waals surface area contributed by atoms with Crippen LogP contribution in [0.2, 0.25) is 0 Å². The summed E-state index contributed by atoms with van der Waals surface area (Å²) >= 11 is 0. The first-order chi connectivity index (χ1) is 8.59. The Balaban J connectivity index is 2.20.